The number of para-hydroxylation sites is 1. The van der Waals surface area contributed by atoms with Crippen LogP contribution in [0.3, 0.4) is 0 Å². The molecule has 1 aromatic heterocycles. The minimum atomic E-state index is -0.865. The maximum atomic E-state index is 12.6. The molecule has 2 aromatic rings. The van der Waals surface area contributed by atoms with Crippen molar-refractivity contribution >= 4 is 35.1 Å². The van der Waals surface area contributed by atoms with Gasteiger partial charge in [0, 0.05) is 29.9 Å². The van der Waals surface area contributed by atoms with Crippen molar-refractivity contribution in [2.75, 3.05) is 30.6 Å². The lowest BCUT2D eigenvalue weighted by atomic mass is 9.83. The van der Waals surface area contributed by atoms with E-state index in [1.165, 1.54) is 18.4 Å². The number of amides is 1. The first-order valence-electron chi connectivity index (χ1n) is 10.3. The first-order valence-corrected chi connectivity index (χ1v) is 11.7. The number of esters is 1. The molecule has 0 saturated heterocycles. The number of allylic oxidation sites excluding steroid dienone is 1. The first kappa shape index (κ1) is 23.7. The van der Waals surface area contributed by atoms with Crippen molar-refractivity contribution in [1.29, 1.82) is 0 Å². The summed E-state index contributed by atoms with van der Waals surface area (Å²) >= 11 is 1.55. The molecule has 1 N–H and O–H groups in total. The van der Waals surface area contributed by atoms with Gasteiger partial charge in [-0.1, -0.05) is 32.0 Å². The van der Waals surface area contributed by atoms with Crippen molar-refractivity contribution in [1.82, 2.24) is 5.32 Å². The summed E-state index contributed by atoms with van der Waals surface area (Å²) in [6, 6.07) is 10.2. The van der Waals surface area contributed by atoms with Crippen molar-refractivity contribution in [3.05, 3.63) is 65.8 Å². The molecule has 1 aliphatic rings. The summed E-state index contributed by atoms with van der Waals surface area (Å²) in [4.78, 5) is 39.5. The van der Waals surface area contributed by atoms with Crippen LogP contribution in [0.2, 0.25) is 0 Å². The normalized spacial score (nSPS) is 16.5. The molecule has 1 atom stereocenters. The second-order valence-corrected chi connectivity index (χ2v) is 9.08. The Morgan fingerprint density at radius 1 is 1.22 bits per heavy atom. The number of hydrogen-bond acceptors (Lipinski definition) is 7. The highest BCUT2D eigenvalue weighted by Crippen LogP contribution is 2.46. The minimum Gasteiger partial charge on any atom is -0.459 e. The van der Waals surface area contributed by atoms with Crippen molar-refractivity contribution in [2.24, 2.45) is 0 Å². The average molecular weight is 457 g/mol. The van der Waals surface area contributed by atoms with Gasteiger partial charge in [-0.2, -0.15) is 11.8 Å². The third-order valence-corrected chi connectivity index (χ3v) is 6.18. The molecule has 8 heteroatoms. The summed E-state index contributed by atoms with van der Waals surface area (Å²) in [7, 11) is 1.92. The summed E-state index contributed by atoms with van der Waals surface area (Å²) in [5.74, 6) is -0.708. The fourth-order valence-corrected chi connectivity index (χ4v) is 4.29. The Hall–Kier alpha value is -3.00. The lowest BCUT2D eigenvalue weighted by Gasteiger charge is -2.24. The Kier molecular flexibility index (Phi) is 7.45. The molecule has 0 bridgehead atoms. The van der Waals surface area contributed by atoms with Crippen molar-refractivity contribution in [3.63, 3.8) is 0 Å². The molecular weight excluding hydrogens is 428 g/mol. The van der Waals surface area contributed by atoms with Gasteiger partial charge in [0.05, 0.1) is 6.26 Å². The molecule has 2 heterocycles. The second kappa shape index (κ2) is 10.1. The summed E-state index contributed by atoms with van der Waals surface area (Å²) in [5.41, 5.74) is 2.68. The fourth-order valence-electron chi connectivity index (χ4n) is 3.82. The van der Waals surface area contributed by atoms with Gasteiger partial charge in [0.25, 0.3) is 5.91 Å². The van der Waals surface area contributed by atoms with Gasteiger partial charge in [0.2, 0.25) is 0 Å². The number of carbonyl (C=O) groups excluding carboxylic acids is 3. The zero-order valence-corrected chi connectivity index (χ0v) is 19.5. The highest BCUT2D eigenvalue weighted by Gasteiger charge is 2.38. The van der Waals surface area contributed by atoms with Gasteiger partial charge in [-0.25, -0.2) is 4.79 Å². The van der Waals surface area contributed by atoms with E-state index in [1.807, 2.05) is 36.4 Å². The molecule has 0 aliphatic carbocycles. The number of benzene rings is 1. The van der Waals surface area contributed by atoms with Crippen LogP contribution in [0.25, 0.3) is 0 Å². The molecule has 7 nitrogen and oxygen atoms in total. The molecule has 0 fully saturated rings. The number of ketones is 1. The van der Waals surface area contributed by atoms with E-state index in [1.54, 1.807) is 17.8 Å². The SMILES string of the molecule is CSCCC(NC(=O)c1ccco1)C(=O)OCC(=O)C=C1N(C)c2ccccc2C1(C)C. The standard InChI is InChI=1S/C24H28N2O5S/c1-24(2)17-8-5-6-9-19(17)26(3)21(24)14-16(27)15-31-23(29)18(11-13-32-4)25-22(28)20-10-7-12-30-20/h5-10,12,14,18H,11,13,15H2,1-4H3,(H,25,28). The predicted molar refractivity (Wildman–Crippen MR) is 125 cm³/mol. The van der Waals surface area contributed by atoms with Crippen LogP contribution in [0.1, 0.15) is 36.4 Å². The molecule has 1 amide bonds. The van der Waals surface area contributed by atoms with Gasteiger partial charge in [-0.15, -0.1) is 0 Å². The maximum absolute atomic E-state index is 12.6. The summed E-state index contributed by atoms with van der Waals surface area (Å²) < 4.78 is 10.3. The van der Waals surface area contributed by atoms with E-state index in [4.69, 9.17) is 9.15 Å². The number of ether oxygens (including phenoxy) is 1. The van der Waals surface area contributed by atoms with E-state index in [2.05, 4.69) is 25.2 Å². The molecule has 1 unspecified atom stereocenters. The number of nitrogens with zero attached hydrogens (tertiary/aromatic N) is 1. The number of thioether (sulfide) groups is 1. The van der Waals surface area contributed by atoms with Gasteiger partial charge in [0.1, 0.15) is 6.04 Å². The molecule has 1 aromatic carbocycles. The van der Waals surface area contributed by atoms with Crippen LogP contribution < -0.4 is 10.2 Å². The van der Waals surface area contributed by atoms with Crippen LogP contribution in [0, 0.1) is 0 Å². The van der Waals surface area contributed by atoms with Gasteiger partial charge in [-0.3, -0.25) is 9.59 Å². The van der Waals surface area contributed by atoms with Crippen LogP contribution in [-0.2, 0) is 19.7 Å². The maximum Gasteiger partial charge on any atom is 0.329 e. The number of fused-ring (bicyclic) bond motifs is 1. The molecule has 0 spiro atoms. The van der Waals surface area contributed by atoms with Crippen molar-refractivity contribution in [2.45, 2.75) is 31.7 Å². The van der Waals surface area contributed by atoms with Crippen molar-refractivity contribution in [3.8, 4) is 0 Å². The number of anilines is 1. The summed E-state index contributed by atoms with van der Waals surface area (Å²) in [6.07, 6.45) is 5.21. The third kappa shape index (κ3) is 5.07. The zero-order valence-electron chi connectivity index (χ0n) is 18.7. The van der Waals surface area contributed by atoms with Gasteiger partial charge in [0.15, 0.2) is 18.2 Å². The van der Waals surface area contributed by atoms with Crippen LogP contribution >= 0.6 is 11.8 Å². The highest BCUT2D eigenvalue weighted by atomic mass is 32.2. The van der Waals surface area contributed by atoms with Gasteiger partial charge >= 0.3 is 5.97 Å². The van der Waals surface area contributed by atoms with Crippen molar-refractivity contribution < 1.29 is 23.5 Å². The van der Waals surface area contributed by atoms with E-state index in [-0.39, 0.29) is 17.0 Å². The van der Waals surface area contributed by atoms with Crippen LogP contribution in [0.5, 0.6) is 0 Å². The molecule has 0 radical (unpaired) electrons. The monoisotopic (exact) mass is 456 g/mol. The zero-order chi connectivity index (χ0) is 23.3. The smallest absolute Gasteiger partial charge is 0.329 e. The Morgan fingerprint density at radius 3 is 2.62 bits per heavy atom. The first-order chi connectivity index (χ1) is 15.3. The van der Waals surface area contributed by atoms with Gasteiger partial charge < -0.3 is 19.4 Å². The average Bonchev–Trinajstić information content (AvgIpc) is 3.38. The molecule has 0 saturated carbocycles. The van der Waals surface area contributed by atoms with Crippen LogP contribution in [-0.4, -0.2) is 49.4 Å². The van der Waals surface area contributed by atoms with E-state index in [0.29, 0.717) is 12.2 Å². The minimum absolute atomic E-state index is 0.110. The summed E-state index contributed by atoms with van der Waals surface area (Å²) in [6.45, 7) is 3.72. The quantitative estimate of drug-likeness (QED) is 0.456. The Bertz CT molecular complexity index is 1010. The van der Waals surface area contributed by atoms with E-state index in [0.717, 1.165) is 16.9 Å². The van der Waals surface area contributed by atoms with Gasteiger partial charge in [-0.05, 0) is 42.2 Å². The lowest BCUT2D eigenvalue weighted by molar-refractivity contribution is -0.149. The lowest BCUT2D eigenvalue weighted by Crippen LogP contribution is -2.42. The molecule has 170 valence electrons. The highest BCUT2D eigenvalue weighted by molar-refractivity contribution is 7.98. The van der Waals surface area contributed by atoms with Crippen LogP contribution in [0.15, 0.2) is 58.9 Å². The fraction of sp³-hybridized carbons (Fsp3) is 0.375. The topological polar surface area (TPSA) is 88.9 Å². The predicted octanol–water partition coefficient (Wildman–Crippen LogP) is 3.55. The second-order valence-electron chi connectivity index (χ2n) is 8.09. The number of hydrogen-bond donors (Lipinski definition) is 1. The number of carbonyl (C=O) groups is 3. The Labute approximate surface area is 192 Å². The number of rotatable bonds is 9. The van der Waals surface area contributed by atoms with E-state index >= 15 is 0 Å². The Balaban J connectivity index is 1.64. The third-order valence-electron chi connectivity index (χ3n) is 5.54. The van der Waals surface area contributed by atoms with E-state index < -0.39 is 24.5 Å². The number of furan rings is 1. The summed E-state index contributed by atoms with van der Waals surface area (Å²) in [5, 5.41) is 2.63. The largest absolute Gasteiger partial charge is 0.459 e. The van der Waals surface area contributed by atoms with Crippen LogP contribution in [0.4, 0.5) is 5.69 Å². The number of nitrogens with one attached hydrogen (secondary N) is 1. The van der Waals surface area contributed by atoms with E-state index in [9.17, 15) is 14.4 Å². The molecule has 32 heavy (non-hydrogen) atoms. The number of likely N-dealkylation sites (N-methyl/N-ethyl adjacent to an activating group) is 1. The molecule has 3 rings (SSSR count). The molecular formula is C24H28N2O5S. The Morgan fingerprint density at radius 2 is 1.97 bits per heavy atom. The molecule has 1 aliphatic heterocycles.